The molecule has 16 heavy (non-hydrogen) atoms. The molecule has 4 heteroatoms. The van der Waals surface area contributed by atoms with Gasteiger partial charge in [-0.15, -0.1) is 17.0 Å². The lowest BCUT2D eigenvalue weighted by Gasteiger charge is -2.06. The molecular formula is C12H9NO2S. The van der Waals surface area contributed by atoms with Gasteiger partial charge in [0.1, 0.15) is 0 Å². The zero-order chi connectivity index (χ0) is 11.5. The molecule has 0 unspecified atom stereocenters. The first-order chi connectivity index (χ1) is 7.76. The fraction of sp³-hybridized carbons (Fsp3) is 0.0833. The predicted molar refractivity (Wildman–Crippen MR) is 63.6 cm³/mol. The fourth-order valence-corrected chi connectivity index (χ4v) is 2.00. The molecule has 2 rings (SSSR count). The number of aromatic hydroxyl groups is 1. The molecule has 0 heterocycles. The van der Waals surface area contributed by atoms with Crippen LogP contribution < -0.4 is 4.74 Å². The van der Waals surface area contributed by atoms with Gasteiger partial charge in [0.25, 0.3) is 6.26 Å². The number of phenols is 1. The number of ether oxygens (including phenoxy) is 1. The van der Waals surface area contributed by atoms with Gasteiger partial charge in [-0.2, -0.15) is 0 Å². The van der Waals surface area contributed by atoms with Crippen molar-refractivity contribution in [1.29, 1.82) is 5.26 Å². The number of nitriles is 1. The van der Waals surface area contributed by atoms with Gasteiger partial charge in [-0.1, -0.05) is 6.07 Å². The average molecular weight is 231 g/mol. The standard InChI is InChI=1S/C12H9NO2S/c1-16-9-3-4-10-8(6-9)2-5-11(14)12(10)15-7-13/h2-6,14H,1H3. The third-order valence-corrected chi connectivity index (χ3v) is 3.03. The molecule has 0 radical (unpaired) electrons. The van der Waals surface area contributed by atoms with E-state index < -0.39 is 0 Å². The molecule has 0 fully saturated rings. The summed E-state index contributed by atoms with van der Waals surface area (Å²) in [6.45, 7) is 0. The Morgan fingerprint density at radius 2 is 2.12 bits per heavy atom. The summed E-state index contributed by atoms with van der Waals surface area (Å²) in [6, 6.07) is 9.08. The molecule has 0 saturated heterocycles. The second kappa shape index (κ2) is 4.33. The molecule has 0 bridgehead atoms. The summed E-state index contributed by atoms with van der Waals surface area (Å²) in [5, 5.41) is 19.8. The third kappa shape index (κ3) is 1.77. The van der Waals surface area contributed by atoms with E-state index in [2.05, 4.69) is 0 Å². The first kappa shape index (κ1) is 10.7. The van der Waals surface area contributed by atoms with Crippen LogP contribution in [0.3, 0.4) is 0 Å². The van der Waals surface area contributed by atoms with Gasteiger partial charge >= 0.3 is 0 Å². The predicted octanol–water partition coefficient (Wildman–Crippen LogP) is 3.13. The first-order valence-electron chi connectivity index (χ1n) is 4.62. The van der Waals surface area contributed by atoms with E-state index in [1.54, 1.807) is 24.1 Å². The van der Waals surface area contributed by atoms with Crippen molar-refractivity contribution >= 4 is 22.5 Å². The third-order valence-electron chi connectivity index (χ3n) is 2.30. The van der Waals surface area contributed by atoms with Crippen molar-refractivity contribution in [2.24, 2.45) is 0 Å². The molecule has 80 valence electrons. The maximum absolute atomic E-state index is 9.58. The maximum Gasteiger partial charge on any atom is 0.292 e. The summed E-state index contributed by atoms with van der Waals surface area (Å²) in [6.07, 6.45) is 3.57. The molecule has 0 amide bonds. The Balaban J connectivity index is 2.69. The molecular weight excluding hydrogens is 222 g/mol. The highest BCUT2D eigenvalue weighted by atomic mass is 32.2. The number of rotatable bonds is 2. The van der Waals surface area contributed by atoms with Crippen LogP contribution in [0.5, 0.6) is 11.5 Å². The van der Waals surface area contributed by atoms with Gasteiger partial charge in [-0.3, -0.25) is 0 Å². The van der Waals surface area contributed by atoms with Gasteiger partial charge in [-0.05, 0) is 35.9 Å². The Hall–Kier alpha value is -1.86. The number of benzene rings is 2. The smallest absolute Gasteiger partial charge is 0.292 e. The number of nitrogens with zero attached hydrogens (tertiary/aromatic N) is 1. The van der Waals surface area contributed by atoms with Crippen molar-refractivity contribution in [3.05, 3.63) is 30.3 Å². The van der Waals surface area contributed by atoms with E-state index in [0.29, 0.717) is 0 Å². The summed E-state index contributed by atoms with van der Waals surface area (Å²) in [4.78, 5) is 1.13. The van der Waals surface area contributed by atoms with Gasteiger partial charge in [0.15, 0.2) is 11.5 Å². The minimum Gasteiger partial charge on any atom is -0.504 e. The van der Waals surface area contributed by atoms with Gasteiger partial charge in [0.2, 0.25) is 0 Å². The lowest BCUT2D eigenvalue weighted by molar-refractivity contribution is 0.424. The van der Waals surface area contributed by atoms with Crippen LogP contribution in [0.1, 0.15) is 0 Å². The molecule has 2 aromatic carbocycles. The molecule has 0 aliphatic heterocycles. The minimum absolute atomic E-state index is 0.0223. The lowest BCUT2D eigenvalue weighted by Crippen LogP contribution is -1.85. The molecule has 1 N–H and O–H groups in total. The van der Waals surface area contributed by atoms with Crippen molar-refractivity contribution in [2.75, 3.05) is 6.26 Å². The van der Waals surface area contributed by atoms with Crippen LogP contribution in [0.25, 0.3) is 10.8 Å². The lowest BCUT2D eigenvalue weighted by atomic mass is 10.1. The Morgan fingerprint density at radius 1 is 1.31 bits per heavy atom. The second-order valence-electron chi connectivity index (χ2n) is 3.19. The topological polar surface area (TPSA) is 53.2 Å². The van der Waals surface area contributed by atoms with Gasteiger partial charge in [0, 0.05) is 10.3 Å². The first-order valence-corrected chi connectivity index (χ1v) is 5.84. The fourth-order valence-electron chi connectivity index (χ4n) is 1.55. The Kier molecular flexibility index (Phi) is 2.88. The van der Waals surface area contributed by atoms with Crippen molar-refractivity contribution in [3.8, 4) is 17.8 Å². The molecule has 0 spiro atoms. The summed E-state index contributed by atoms with van der Waals surface area (Å²) in [7, 11) is 0. The minimum atomic E-state index is -0.0223. The Bertz CT molecular complexity index is 575. The van der Waals surface area contributed by atoms with E-state index in [1.807, 2.05) is 24.5 Å². The van der Waals surface area contributed by atoms with Crippen LogP contribution in [0.4, 0.5) is 0 Å². The molecule has 2 aromatic rings. The number of phenolic OH excluding ortho intramolecular Hbond substituents is 1. The summed E-state index contributed by atoms with van der Waals surface area (Å²) < 4.78 is 4.77. The highest BCUT2D eigenvalue weighted by molar-refractivity contribution is 7.98. The quantitative estimate of drug-likeness (QED) is 0.637. The second-order valence-corrected chi connectivity index (χ2v) is 4.07. The number of fused-ring (bicyclic) bond motifs is 1. The van der Waals surface area contributed by atoms with Gasteiger partial charge < -0.3 is 9.84 Å². The zero-order valence-corrected chi connectivity index (χ0v) is 9.41. The van der Waals surface area contributed by atoms with E-state index >= 15 is 0 Å². The molecule has 3 nitrogen and oxygen atoms in total. The van der Waals surface area contributed by atoms with Crippen molar-refractivity contribution < 1.29 is 9.84 Å². The average Bonchev–Trinajstić information content (AvgIpc) is 2.32. The van der Waals surface area contributed by atoms with E-state index in [9.17, 15) is 5.11 Å². The molecule has 0 atom stereocenters. The molecule has 0 aliphatic rings. The van der Waals surface area contributed by atoms with Crippen LogP contribution in [0, 0.1) is 11.5 Å². The normalized spacial score (nSPS) is 10.0. The summed E-state index contributed by atoms with van der Waals surface area (Å²) >= 11 is 1.64. The largest absolute Gasteiger partial charge is 0.504 e. The number of thioether (sulfide) groups is 1. The molecule has 0 aromatic heterocycles. The Morgan fingerprint density at radius 3 is 2.81 bits per heavy atom. The van der Waals surface area contributed by atoms with Gasteiger partial charge in [-0.25, -0.2) is 0 Å². The number of hydrogen-bond acceptors (Lipinski definition) is 4. The van der Waals surface area contributed by atoms with Crippen molar-refractivity contribution in [3.63, 3.8) is 0 Å². The van der Waals surface area contributed by atoms with Crippen molar-refractivity contribution in [1.82, 2.24) is 0 Å². The summed E-state index contributed by atoms with van der Waals surface area (Å²) in [5.41, 5.74) is 0. The zero-order valence-electron chi connectivity index (χ0n) is 8.60. The van der Waals surface area contributed by atoms with E-state index in [-0.39, 0.29) is 11.5 Å². The van der Waals surface area contributed by atoms with Crippen LogP contribution in [-0.4, -0.2) is 11.4 Å². The Labute approximate surface area is 97.3 Å². The van der Waals surface area contributed by atoms with E-state index in [4.69, 9.17) is 10.00 Å². The molecule has 0 saturated carbocycles. The van der Waals surface area contributed by atoms with Crippen LogP contribution in [-0.2, 0) is 0 Å². The van der Waals surface area contributed by atoms with E-state index in [0.717, 1.165) is 15.7 Å². The monoisotopic (exact) mass is 231 g/mol. The highest BCUT2D eigenvalue weighted by Gasteiger charge is 2.08. The maximum atomic E-state index is 9.58. The number of hydrogen-bond donors (Lipinski definition) is 1. The SMILES string of the molecule is CSc1ccc2c(OC#N)c(O)ccc2c1. The van der Waals surface area contributed by atoms with Crippen LogP contribution >= 0.6 is 11.8 Å². The van der Waals surface area contributed by atoms with E-state index in [1.165, 1.54) is 6.07 Å². The van der Waals surface area contributed by atoms with Crippen LogP contribution in [0.2, 0.25) is 0 Å². The van der Waals surface area contributed by atoms with Crippen LogP contribution in [0.15, 0.2) is 35.2 Å². The highest BCUT2D eigenvalue weighted by Crippen LogP contribution is 2.36. The van der Waals surface area contributed by atoms with Gasteiger partial charge in [0.05, 0.1) is 0 Å². The van der Waals surface area contributed by atoms with Crippen molar-refractivity contribution in [2.45, 2.75) is 4.90 Å². The molecule has 0 aliphatic carbocycles. The summed E-state index contributed by atoms with van der Waals surface area (Å²) in [5.74, 6) is 0.193.